The predicted octanol–water partition coefficient (Wildman–Crippen LogP) is 2.16. The third kappa shape index (κ3) is 2.79. The molecule has 100 valence electrons. The molecule has 0 aliphatic carbocycles. The van der Waals surface area contributed by atoms with E-state index in [4.69, 9.17) is 5.73 Å². The minimum Gasteiger partial charge on any atom is -0.462 e. The van der Waals surface area contributed by atoms with Crippen molar-refractivity contribution in [1.29, 1.82) is 0 Å². The number of nitrogens with two attached hydrogens (primary N) is 1. The second kappa shape index (κ2) is 5.34. The number of esters is 1. The average molecular weight is 265 g/mol. The van der Waals surface area contributed by atoms with Gasteiger partial charge in [0.1, 0.15) is 17.7 Å². The van der Waals surface area contributed by atoms with Gasteiger partial charge >= 0.3 is 11.9 Å². The summed E-state index contributed by atoms with van der Waals surface area (Å²) in [6.07, 6.45) is 0. The van der Waals surface area contributed by atoms with Crippen LogP contribution in [0, 0.1) is 11.6 Å². The highest BCUT2D eigenvalue weighted by Crippen LogP contribution is 2.32. The molecular formula is C11H11F4NO2. The first-order chi connectivity index (χ1) is 8.30. The molecule has 2 N–H and O–H groups in total. The van der Waals surface area contributed by atoms with Crippen LogP contribution in [0.25, 0.3) is 0 Å². The molecule has 0 fully saturated rings. The summed E-state index contributed by atoms with van der Waals surface area (Å²) in [4.78, 5) is 11.0. The van der Waals surface area contributed by atoms with Crippen molar-refractivity contribution in [2.24, 2.45) is 5.73 Å². The first kappa shape index (κ1) is 14.4. The highest BCUT2D eigenvalue weighted by Gasteiger charge is 2.48. The van der Waals surface area contributed by atoms with Crippen LogP contribution in [0.2, 0.25) is 0 Å². The van der Waals surface area contributed by atoms with Crippen molar-refractivity contribution in [1.82, 2.24) is 0 Å². The minimum absolute atomic E-state index is 0.271. The lowest BCUT2D eigenvalue weighted by atomic mass is 10.0. The maximum absolute atomic E-state index is 13.5. The van der Waals surface area contributed by atoms with Crippen molar-refractivity contribution in [3.8, 4) is 0 Å². The van der Waals surface area contributed by atoms with E-state index in [1.807, 2.05) is 0 Å². The molecule has 18 heavy (non-hydrogen) atoms. The normalized spacial score (nSPS) is 13.2. The predicted molar refractivity (Wildman–Crippen MR) is 54.9 cm³/mol. The molecule has 1 aromatic rings. The summed E-state index contributed by atoms with van der Waals surface area (Å²) < 4.78 is 57.3. The smallest absolute Gasteiger partial charge is 0.379 e. The second-order valence-electron chi connectivity index (χ2n) is 3.49. The lowest BCUT2D eigenvalue weighted by Crippen LogP contribution is -2.42. The third-order valence-electron chi connectivity index (χ3n) is 2.23. The van der Waals surface area contributed by atoms with Gasteiger partial charge in [-0.15, -0.1) is 0 Å². The van der Waals surface area contributed by atoms with Crippen LogP contribution in [0.15, 0.2) is 18.2 Å². The van der Waals surface area contributed by atoms with E-state index in [1.54, 1.807) is 0 Å². The lowest BCUT2D eigenvalue weighted by Gasteiger charge is -2.22. The van der Waals surface area contributed by atoms with Gasteiger partial charge in [-0.05, 0) is 25.1 Å². The maximum atomic E-state index is 13.5. The summed E-state index contributed by atoms with van der Waals surface area (Å²) >= 11 is 0. The van der Waals surface area contributed by atoms with Crippen LogP contribution in [0.1, 0.15) is 18.5 Å². The zero-order valence-electron chi connectivity index (χ0n) is 9.42. The number of halogens is 4. The number of carbonyl (C=O) groups is 1. The standard InChI is InChI=1S/C11H11F4NO2/c1-2-18-10(17)11(14,15)9(16)7-5-6(12)3-4-8(7)13/h3-5,9H,2,16H2,1H3/t9-/m0/s1. The summed E-state index contributed by atoms with van der Waals surface area (Å²) in [6, 6.07) is -0.375. The fourth-order valence-electron chi connectivity index (χ4n) is 1.30. The summed E-state index contributed by atoms with van der Waals surface area (Å²) in [5.74, 6) is -8.06. The van der Waals surface area contributed by atoms with E-state index in [0.29, 0.717) is 12.1 Å². The highest BCUT2D eigenvalue weighted by atomic mass is 19.3. The molecule has 1 rings (SSSR count). The molecule has 0 heterocycles. The Morgan fingerprint density at radius 2 is 2.06 bits per heavy atom. The molecule has 0 spiro atoms. The molecule has 0 aliphatic rings. The molecule has 1 aromatic carbocycles. The van der Waals surface area contributed by atoms with Gasteiger partial charge in [-0.25, -0.2) is 13.6 Å². The first-order valence-electron chi connectivity index (χ1n) is 5.06. The number of hydrogen-bond acceptors (Lipinski definition) is 3. The van der Waals surface area contributed by atoms with E-state index in [9.17, 15) is 22.4 Å². The number of benzene rings is 1. The third-order valence-corrected chi connectivity index (χ3v) is 2.23. The quantitative estimate of drug-likeness (QED) is 0.670. The first-order valence-corrected chi connectivity index (χ1v) is 5.06. The van der Waals surface area contributed by atoms with E-state index in [0.717, 1.165) is 6.07 Å². The Morgan fingerprint density at radius 3 is 2.61 bits per heavy atom. The van der Waals surface area contributed by atoms with Gasteiger partial charge in [0.05, 0.1) is 6.61 Å². The van der Waals surface area contributed by atoms with Gasteiger partial charge in [0.2, 0.25) is 0 Å². The largest absolute Gasteiger partial charge is 0.462 e. The number of rotatable bonds is 4. The van der Waals surface area contributed by atoms with Gasteiger partial charge in [-0.3, -0.25) is 0 Å². The number of ether oxygens (including phenoxy) is 1. The van der Waals surface area contributed by atoms with Crippen molar-refractivity contribution in [2.75, 3.05) is 6.61 Å². The van der Waals surface area contributed by atoms with Crippen LogP contribution in [-0.4, -0.2) is 18.5 Å². The summed E-state index contributed by atoms with van der Waals surface area (Å²) in [5.41, 5.74) is 4.33. The molecular weight excluding hydrogens is 254 g/mol. The average Bonchev–Trinajstić information content (AvgIpc) is 2.31. The van der Waals surface area contributed by atoms with E-state index in [-0.39, 0.29) is 6.61 Å². The zero-order chi connectivity index (χ0) is 13.9. The summed E-state index contributed by atoms with van der Waals surface area (Å²) in [6.45, 7) is 1.06. The molecule has 0 amide bonds. The Labute approximate surface area is 101 Å². The van der Waals surface area contributed by atoms with Gasteiger partial charge in [0.25, 0.3) is 0 Å². The van der Waals surface area contributed by atoms with Gasteiger partial charge in [0, 0.05) is 5.56 Å². The molecule has 0 radical (unpaired) electrons. The number of alkyl halides is 2. The molecule has 0 aromatic heterocycles. The molecule has 0 unspecified atom stereocenters. The Hall–Kier alpha value is -1.63. The van der Waals surface area contributed by atoms with Crippen molar-refractivity contribution in [2.45, 2.75) is 18.9 Å². The Balaban J connectivity index is 3.08. The Bertz CT molecular complexity index is 451. The molecule has 3 nitrogen and oxygen atoms in total. The van der Waals surface area contributed by atoms with Crippen molar-refractivity contribution < 1.29 is 27.1 Å². The van der Waals surface area contributed by atoms with Crippen LogP contribution in [0.3, 0.4) is 0 Å². The van der Waals surface area contributed by atoms with Crippen molar-refractivity contribution >= 4 is 5.97 Å². The van der Waals surface area contributed by atoms with Crippen molar-refractivity contribution in [3.05, 3.63) is 35.4 Å². The van der Waals surface area contributed by atoms with Gasteiger partial charge in [-0.2, -0.15) is 8.78 Å². The molecule has 0 bridgehead atoms. The fourth-order valence-corrected chi connectivity index (χ4v) is 1.30. The van der Waals surface area contributed by atoms with E-state index >= 15 is 0 Å². The summed E-state index contributed by atoms with van der Waals surface area (Å²) in [5, 5.41) is 0. The topological polar surface area (TPSA) is 52.3 Å². The van der Waals surface area contributed by atoms with Crippen LogP contribution < -0.4 is 5.73 Å². The molecule has 1 atom stereocenters. The molecule has 0 saturated heterocycles. The van der Waals surface area contributed by atoms with E-state index in [2.05, 4.69) is 4.74 Å². The Kier molecular flexibility index (Phi) is 4.28. The van der Waals surface area contributed by atoms with Gasteiger partial charge in [-0.1, -0.05) is 0 Å². The van der Waals surface area contributed by atoms with Crippen LogP contribution in [0.5, 0.6) is 0 Å². The molecule has 7 heteroatoms. The molecule has 0 aliphatic heterocycles. The summed E-state index contributed by atoms with van der Waals surface area (Å²) in [7, 11) is 0. The Morgan fingerprint density at radius 1 is 1.44 bits per heavy atom. The molecule has 0 saturated carbocycles. The van der Waals surface area contributed by atoms with Crippen molar-refractivity contribution in [3.63, 3.8) is 0 Å². The zero-order valence-corrected chi connectivity index (χ0v) is 9.42. The fraction of sp³-hybridized carbons (Fsp3) is 0.364. The maximum Gasteiger partial charge on any atom is 0.379 e. The van der Waals surface area contributed by atoms with E-state index in [1.165, 1.54) is 6.92 Å². The minimum atomic E-state index is -4.13. The SMILES string of the molecule is CCOC(=O)C(F)(F)[C@@H](N)c1cc(F)ccc1F. The van der Waals surface area contributed by atoms with E-state index < -0.39 is 35.1 Å². The second-order valence-corrected chi connectivity index (χ2v) is 3.49. The van der Waals surface area contributed by atoms with Gasteiger partial charge < -0.3 is 10.5 Å². The lowest BCUT2D eigenvalue weighted by molar-refractivity contribution is -0.174. The monoisotopic (exact) mass is 265 g/mol. The highest BCUT2D eigenvalue weighted by molar-refractivity contribution is 5.78. The number of hydrogen-bond donors (Lipinski definition) is 1. The van der Waals surface area contributed by atoms with Crippen LogP contribution in [-0.2, 0) is 9.53 Å². The number of carbonyl (C=O) groups excluding carboxylic acids is 1. The van der Waals surface area contributed by atoms with Crippen LogP contribution in [0.4, 0.5) is 17.6 Å². The van der Waals surface area contributed by atoms with Gasteiger partial charge in [0.15, 0.2) is 0 Å². The van der Waals surface area contributed by atoms with Crippen LogP contribution >= 0.6 is 0 Å².